The van der Waals surface area contributed by atoms with Crippen LogP contribution in [0.3, 0.4) is 0 Å². The van der Waals surface area contributed by atoms with Gasteiger partial charge in [-0.15, -0.1) is 0 Å². The molecule has 0 radical (unpaired) electrons. The Hall–Kier alpha value is -2.59. The van der Waals surface area contributed by atoms with Gasteiger partial charge in [0.25, 0.3) is 5.91 Å². The second-order valence-electron chi connectivity index (χ2n) is 8.95. The van der Waals surface area contributed by atoms with Crippen LogP contribution in [0.4, 0.5) is 13.2 Å². The number of hydrogen-bond donors (Lipinski definition) is 1. The van der Waals surface area contributed by atoms with Gasteiger partial charge in [0.2, 0.25) is 0 Å². The molecule has 1 amide bonds. The standard InChI is InChI=1S/C23H23ClF3N3O3S/c1-22(2,34(32,33)17-5-3-4-15(12-17)23(25,26)27)14-8-10-30(11-9-14)21(31)20-28-18-7-6-16(24)13-19(18)29-20/h3-7,12-14H,8-11H2,1-2H3,(H,28,29). The first-order chi connectivity index (χ1) is 15.8. The fourth-order valence-corrected chi connectivity index (χ4v) is 6.37. The summed E-state index contributed by atoms with van der Waals surface area (Å²) in [5.41, 5.74) is 0.243. The van der Waals surface area contributed by atoms with Crippen LogP contribution in [-0.4, -0.2) is 47.0 Å². The predicted molar refractivity (Wildman–Crippen MR) is 122 cm³/mol. The highest BCUT2D eigenvalue weighted by Crippen LogP contribution is 2.39. The van der Waals surface area contributed by atoms with E-state index in [4.69, 9.17) is 11.6 Å². The summed E-state index contributed by atoms with van der Waals surface area (Å²) in [6, 6.07) is 8.89. The van der Waals surface area contributed by atoms with E-state index in [1.54, 1.807) is 23.1 Å². The Morgan fingerprint density at radius 1 is 1.12 bits per heavy atom. The van der Waals surface area contributed by atoms with Crippen molar-refractivity contribution in [3.8, 4) is 0 Å². The molecule has 0 unspecified atom stereocenters. The van der Waals surface area contributed by atoms with Crippen molar-refractivity contribution in [3.05, 3.63) is 58.9 Å². The number of sulfone groups is 1. The van der Waals surface area contributed by atoms with Crippen LogP contribution >= 0.6 is 11.6 Å². The highest BCUT2D eigenvalue weighted by atomic mass is 35.5. The number of likely N-dealkylation sites (tertiary alicyclic amines) is 1. The van der Waals surface area contributed by atoms with Gasteiger partial charge >= 0.3 is 6.18 Å². The van der Waals surface area contributed by atoms with E-state index >= 15 is 0 Å². The monoisotopic (exact) mass is 513 g/mol. The number of carbonyl (C=O) groups is 1. The van der Waals surface area contributed by atoms with E-state index in [0.29, 0.717) is 48.1 Å². The molecule has 0 spiro atoms. The molecule has 34 heavy (non-hydrogen) atoms. The quantitative estimate of drug-likeness (QED) is 0.510. The van der Waals surface area contributed by atoms with Gasteiger partial charge in [-0.1, -0.05) is 17.7 Å². The third-order valence-electron chi connectivity index (χ3n) is 6.58. The molecule has 1 aliphatic heterocycles. The molecule has 3 aromatic rings. The van der Waals surface area contributed by atoms with Crippen molar-refractivity contribution in [2.75, 3.05) is 13.1 Å². The highest BCUT2D eigenvalue weighted by molar-refractivity contribution is 7.92. The van der Waals surface area contributed by atoms with Crippen molar-refractivity contribution >= 4 is 38.4 Å². The predicted octanol–water partition coefficient (Wildman–Crippen LogP) is 5.34. The average molecular weight is 514 g/mol. The highest BCUT2D eigenvalue weighted by Gasteiger charge is 2.45. The van der Waals surface area contributed by atoms with Crippen molar-refractivity contribution in [1.82, 2.24) is 14.9 Å². The van der Waals surface area contributed by atoms with Gasteiger partial charge in [0.15, 0.2) is 15.7 Å². The first-order valence-electron chi connectivity index (χ1n) is 10.7. The number of H-pyrrole nitrogens is 1. The average Bonchev–Trinajstić information content (AvgIpc) is 3.21. The molecule has 2 aromatic carbocycles. The zero-order valence-corrected chi connectivity index (χ0v) is 20.1. The molecule has 182 valence electrons. The molecule has 0 saturated carbocycles. The molecule has 4 rings (SSSR count). The van der Waals surface area contributed by atoms with E-state index < -0.39 is 26.3 Å². The summed E-state index contributed by atoms with van der Waals surface area (Å²) in [7, 11) is -4.07. The van der Waals surface area contributed by atoms with Crippen LogP contribution in [0.2, 0.25) is 5.02 Å². The number of aromatic nitrogens is 2. The van der Waals surface area contributed by atoms with Gasteiger partial charge in [0, 0.05) is 18.1 Å². The summed E-state index contributed by atoms with van der Waals surface area (Å²) < 4.78 is 64.6. The first-order valence-corrected chi connectivity index (χ1v) is 12.5. The number of nitrogens with one attached hydrogen (secondary N) is 1. The van der Waals surface area contributed by atoms with Crippen LogP contribution in [0.5, 0.6) is 0 Å². The van der Waals surface area contributed by atoms with Crippen LogP contribution < -0.4 is 0 Å². The van der Waals surface area contributed by atoms with Crippen molar-refractivity contribution in [2.45, 2.75) is 42.5 Å². The van der Waals surface area contributed by atoms with Gasteiger partial charge < -0.3 is 9.88 Å². The van der Waals surface area contributed by atoms with Gasteiger partial charge in [0.05, 0.1) is 26.2 Å². The first kappa shape index (κ1) is 24.5. The number of rotatable bonds is 4. The SMILES string of the molecule is CC(C)(C1CCN(C(=O)c2nc3ccc(Cl)cc3[nH]2)CC1)S(=O)(=O)c1cccc(C(F)(F)F)c1. The maximum absolute atomic E-state index is 13.3. The number of carbonyl (C=O) groups excluding carboxylic acids is 1. The van der Waals surface area contributed by atoms with E-state index in [-0.39, 0.29) is 22.5 Å². The van der Waals surface area contributed by atoms with Crippen LogP contribution in [0.15, 0.2) is 47.4 Å². The molecule has 11 heteroatoms. The third kappa shape index (κ3) is 4.40. The largest absolute Gasteiger partial charge is 0.416 e. The van der Waals surface area contributed by atoms with Crippen molar-refractivity contribution in [1.29, 1.82) is 0 Å². The minimum absolute atomic E-state index is 0.173. The normalized spacial score (nSPS) is 16.2. The maximum Gasteiger partial charge on any atom is 0.416 e. The molecule has 1 saturated heterocycles. The van der Waals surface area contributed by atoms with Crippen molar-refractivity contribution in [3.63, 3.8) is 0 Å². The van der Waals surface area contributed by atoms with Crippen LogP contribution in [0, 0.1) is 5.92 Å². The summed E-state index contributed by atoms with van der Waals surface area (Å²) >= 11 is 5.98. The number of hydrogen-bond acceptors (Lipinski definition) is 4. The topological polar surface area (TPSA) is 83.1 Å². The number of alkyl halides is 3. The van der Waals surface area contributed by atoms with Gasteiger partial charge in [-0.25, -0.2) is 13.4 Å². The number of benzene rings is 2. The van der Waals surface area contributed by atoms with Crippen LogP contribution in [0.1, 0.15) is 42.9 Å². The number of imidazole rings is 1. The summed E-state index contributed by atoms with van der Waals surface area (Å²) in [5, 5.41) is 0.514. The lowest BCUT2D eigenvalue weighted by Gasteiger charge is -2.40. The van der Waals surface area contributed by atoms with Gasteiger partial charge in [-0.2, -0.15) is 13.2 Å². The summed E-state index contributed by atoms with van der Waals surface area (Å²) in [6.45, 7) is 3.69. The van der Waals surface area contributed by atoms with E-state index in [1.807, 2.05) is 0 Å². The van der Waals surface area contributed by atoms with Gasteiger partial charge in [0.1, 0.15) is 0 Å². The van der Waals surface area contributed by atoms with E-state index in [9.17, 15) is 26.4 Å². The molecular weight excluding hydrogens is 491 g/mol. The molecule has 0 aliphatic carbocycles. The van der Waals surface area contributed by atoms with Crippen LogP contribution in [-0.2, 0) is 16.0 Å². The Balaban J connectivity index is 1.49. The second kappa shape index (κ2) is 8.57. The van der Waals surface area contributed by atoms with Gasteiger partial charge in [-0.05, 0) is 69.0 Å². The fourth-order valence-electron chi connectivity index (χ4n) is 4.37. The lowest BCUT2D eigenvalue weighted by Crippen LogP contribution is -2.47. The lowest BCUT2D eigenvalue weighted by molar-refractivity contribution is -0.137. The maximum atomic E-state index is 13.3. The number of halogens is 4. The van der Waals surface area contributed by atoms with Crippen molar-refractivity contribution < 1.29 is 26.4 Å². The minimum Gasteiger partial charge on any atom is -0.336 e. The smallest absolute Gasteiger partial charge is 0.336 e. The van der Waals surface area contributed by atoms with Gasteiger partial charge in [-0.3, -0.25) is 4.79 Å². The zero-order valence-electron chi connectivity index (χ0n) is 18.5. The molecule has 1 N–H and O–H groups in total. The molecule has 0 atom stereocenters. The van der Waals surface area contributed by atoms with E-state index in [2.05, 4.69) is 9.97 Å². The third-order valence-corrected chi connectivity index (χ3v) is 9.40. The number of nitrogens with zero attached hydrogens (tertiary/aromatic N) is 2. The minimum atomic E-state index is -4.64. The molecule has 1 aliphatic rings. The zero-order chi connectivity index (χ0) is 24.9. The number of fused-ring (bicyclic) bond motifs is 1. The van der Waals surface area contributed by atoms with Crippen LogP contribution in [0.25, 0.3) is 11.0 Å². The molecular formula is C23H23ClF3N3O3S. The number of piperidine rings is 1. The summed E-state index contributed by atoms with van der Waals surface area (Å²) in [4.78, 5) is 21.5. The summed E-state index contributed by atoms with van der Waals surface area (Å²) in [5.74, 6) is -0.471. The van der Waals surface area contributed by atoms with Crippen molar-refractivity contribution in [2.24, 2.45) is 5.92 Å². The molecule has 1 fully saturated rings. The fraction of sp³-hybridized carbons (Fsp3) is 0.391. The second-order valence-corrected chi connectivity index (χ2v) is 11.9. The Labute approximate surface area is 200 Å². The Bertz CT molecular complexity index is 1340. The molecule has 1 aromatic heterocycles. The Morgan fingerprint density at radius 2 is 1.79 bits per heavy atom. The summed E-state index contributed by atoms with van der Waals surface area (Å²) in [6.07, 6.45) is -3.85. The number of amides is 1. The Morgan fingerprint density at radius 3 is 2.44 bits per heavy atom. The Kier molecular flexibility index (Phi) is 6.18. The molecule has 0 bridgehead atoms. The van der Waals surface area contributed by atoms with E-state index in [0.717, 1.165) is 12.1 Å². The molecule has 2 heterocycles. The number of aromatic amines is 1. The van der Waals surface area contributed by atoms with E-state index in [1.165, 1.54) is 19.9 Å². The lowest BCUT2D eigenvalue weighted by atomic mass is 9.86. The molecule has 6 nitrogen and oxygen atoms in total.